The van der Waals surface area contributed by atoms with Gasteiger partial charge < -0.3 is 19.7 Å². The third-order valence-corrected chi connectivity index (χ3v) is 6.31. The Labute approximate surface area is 201 Å². The fourth-order valence-electron chi connectivity index (χ4n) is 4.44. The first kappa shape index (κ1) is 21.9. The summed E-state index contributed by atoms with van der Waals surface area (Å²) in [5.74, 6) is 0.840. The summed E-state index contributed by atoms with van der Waals surface area (Å²) in [6.45, 7) is 0.639. The van der Waals surface area contributed by atoms with Crippen molar-refractivity contribution in [3.05, 3.63) is 87.0 Å². The van der Waals surface area contributed by atoms with Gasteiger partial charge in [0.25, 0.3) is 11.6 Å². The maximum Gasteiger partial charge on any atom is 0.270 e. The first-order valence-corrected chi connectivity index (χ1v) is 11.2. The summed E-state index contributed by atoms with van der Waals surface area (Å²) in [6, 6.07) is 17.7. The zero-order valence-electron chi connectivity index (χ0n) is 18.3. The quantitative estimate of drug-likeness (QED) is 0.319. The van der Waals surface area contributed by atoms with E-state index in [1.807, 2.05) is 6.07 Å². The Morgan fingerprint density at radius 1 is 1.24 bits per heavy atom. The molecular weight excluding hydrogens is 458 g/mol. The molecule has 2 heterocycles. The van der Waals surface area contributed by atoms with E-state index in [1.54, 1.807) is 29.2 Å². The Kier molecular flexibility index (Phi) is 5.64. The first-order valence-electron chi connectivity index (χ1n) is 10.6. The Morgan fingerprint density at radius 2 is 2.06 bits per heavy atom. The second-order valence-electron chi connectivity index (χ2n) is 8.12. The minimum Gasteiger partial charge on any atom is -0.493 e. The maximum atomic E-state index is 13.5. The van der Waals surface area contributed by atoms with Crippen LogP contribution in [0.4, 0.5) is 17.1 Å². The summed E-state index contributed by atoms with van der Waals surface area (Å²) in [7, 11) is 1.50. The number of carbonyl (C=O) groups excluding carboxylic acids is 1. The molecular formula is C25H20ClN3O5. The van der Waals surface area contributed by atoms with Gasteiger partial charge in [0.1, 0.15) is 6.61 Å². The second-order valence-corrected chi connectivity index (χ2v) is 8.38. The Hall–Kier alpha value is -3.96. The highest BCUT2D eigenvalue weighted by Gasteiger charge is 2.37. The summed E-state index contributed by atoms with van der Waals surface area (Å²) in [5.41, 5.74) is 4.14. The molecule has 1 atom stereocenters. The molecule has 34 heavy (non-hydrogen) atoms. The van der Waals surface area contributed by atoms with E-state index < -0.39 is 4.92 Å². The molecule has 0 aromatic heterocycles. The smallest absolute Gasteiger partial charge is 0.270 e. The minimum atomic E-state index is -0.460. The topological polar surface area (TPSA) is 93.9 Å². The van der Waals surface area contributed by atoms with Gasteiger partial charge in [0.2, 0.25) is 0 Å². The number of hydrogen-bond acceptors (Lipinski definition) is 6. The molecule has 0 radical (unpaired) electrons. The maximum absolute atomic E-state index is 13.5. The Bertz CT molecular complexity index is 1300. The van der Waals surface area contributed by atoms with Crippen molar-refractivity contribution in [1.82, 2.24) is 0 Å². The number of non-ortho nitro benzene ring substituents is 1. The van der Waals surface area contributed by atoms with Crippen molar-refractivity contribution in [2.45, 2.75) is 24.9 Å². The van der Waals surface area contributed by atoms with E-state index in [4.69, 9.17) is 21.1 Å². The molecule has 2 aliphatic heterocycles. The van der Waals surface area contributed by atoms with Crippen molar-refractivity contribution < 1.29 is 19.2 Å². The highest BCUT2D eigenvalue weighted by Crippen LogP contribution is 2.40. The van der Waals surface area contributed by atoms with Crippen LogP contribution < -0.4 is 19.7 Å². The van der Waals surface area contributed by atoms with Gasteiger partial charge in [-0.05, 0) is 29.3 Å². The lowest BCUT2D eigenvalue weighted by atomic mass is 10.1. The third kappa shape index (κ3) is 3.84. The number of carbonyl (C=O) groups is 1. The lowest BCUT2D eigenvalue weighted by molar-refractivity contribution is -0.385. The second kappa shape index (κ2) is 8.76. The van der Waals surface area contributed by atoms with Gasteiger partial charge in [0.15, 0.2) is 11.5 Å². The van der Waals surface area contributed by atoms with Crippen LogP contribution in [0.3, 0.4) is 0 Å². The molecule has 5 rings (SSSR count). The number of nitro groups is 1. The first-order chi connectivity index (χ1) is 16.5. The van der Waals surface area contributed by atoms with Crippen LogP contribution in [0, 0.1) is 22.2 Å². The minimum absolute atomic E-state index is 0.0313. The number of ether oxygens (including phenoxy) is 2. The number of amides is 1. The normalized spacial score (nSPS) is 15.9. The number of nitrogens with one attached hydrogen (secondary N) is 1. The van der Waals surface area contributed by atoms with Gasteiger partial charge in [0.05, 0.1) is 35.0 Å². The molecule has 1 N–H and O–H groups in total. The fourth-order valence-corrected chi connectivity index (χ4v) is 4.59. The van der Waals surface area contributed by atoms with Crippen LogP contribution >= 0.6 is 11.6 Å². The van der Waals surface area contributed by atoms with Crippen LogP contribution in [-0.2, 0) is 18.9 Å². The molecule has 0 unspecified atom stereocenters. The molecule has 172 valence electrons. The van der Waals surface area contributed by atoms with Gasteiger partial charge in [0, 0.05) is 42.6 Å². The average Bonchev–Trinajstić information content (AvgIpc) is 3.17. The molecule has 0 spiro atoms. The highest BCUT2D eigenvalue weighted by molar-refractivity contribution is 6.17. The molecule has 3 aromatic carbocycles. The SMILES string of the molecule is COc1cc2c(cc1OCc1cc(CCl)cc([N+](=O)[O-])c1)NC[C@@H]1Cc3c#cccc3N1C2=O. The van der Waals surface area contributed by atoms with Crippen molar-refractivity contribution >= 4 is 34.6 Å². The van der Waals surface area contributed by atoms with Crippen molar-refractivity contribution in [3.63, 3.8) is 0 Å². The Morgan fingerprint density at radius 3 is 2.82 bits per heavy atom. The number of alkyl halides is 1. The van der Waals surface area contributed by atoms with E-state index in [-0.39, 0.29) is 30.1 Å². The van der Waals surface area contributed by atoms with Crippen LogP contribution in [0.1, 0.15) is 27.0 Å². The number of halogens is 1. The van der Waals surface area contributed by atoms with Crippen molar-refractivity contribution in [1.29, 1.82) is 0 Å². The predicted molar refractivity (Wildman–Crippen MR) is 127 cm³/mol. The van der Waals surface area contributed by atoms with Gasteiger partial charge in [-0.2, -0.15) is 0 Å². The van der Waals surface area contributed by atoms with Crippen molar-refractivity contribution in [3.8, 4) is 11.5 Å². The van der Waals surface area contributed by atoms with Crippen molar-refractivity contribution in [2.24, 2.45) is 0 Å². The summed E-state index contributed by atoms with van der Waals surface area (Å²) >= 11 is 5.89. The van der Waals surface area contributed by atoms with Gasteiger partial charge in [-0.3, -0.25) is 14.9 Å². The highest BCUT2D eigenvalue weighted by atomic mass is 35.5. The molecule has 3 aromatic rings. The molecule has 1 amide bonds. The third-order valence-electron chi connectivity index (χ3n) is 6.00. The van der Waals surface area contributed by atoms with Gasteiger partial charge in [-0.15, -0.1) is 11.6 Å². The molecule has 0 bridgehead atoms. The van der Waals surface area contributed by atoms with Gasteiger partial charge in [-0.25, -0.2) is 0 Å². The number of nitrogens with zero attached hydrogens (tertiary/aromatic N) is 2. The standard InChI is InChI=1S/C25H20ClN3O5/c1-33-23-10-20-21(27-13-19-9-17-4-2-3-5-22(17)28(19)25(20)30)11-24(23)34-14-16-6-15(12-26)7-18(8-16)29(31)32/h3,5-8,10-11,19,27H,9,12-14H2,1H3/t19-/m0/s1. The summed E-state index contributed by atoms with van der Waals surface area (Å²) in [5, 5.41) is 14.6. The van der Waals surface area contributed by atoms with Crippen LogP contribution in [0.15, 0.2) is 42.5 Å². The number of methoxy groups -OCH3 is 1. The fraction of sp³-hybridized carbons (Fsp3) is 0.240. The predicted octanol–water partition coefficient (Wildman–Crippen LogP) is 4.52. The number of rotatable bonds is 6. The number of fused-ring (bicyclic) bond motifs is 4. The number of anilines is 2. The molecule has 9 heteroatoms. The lowest BCUT2D eigenvalue weighted by Crippen LogP contribution is -2.39. The Balaban J connectivity index is 1.45. The van der Waals surface area contributed by atoms with Crippen molar-refractivity contribution in [2.75, 3.05) is 23.9 Å². The van der Waals surface area contributed by atoms with Crippen LogP contribution in [-0.4, -0.2) is 30.5 Å². The van der Waals surface area contributed by atoms with Gasteiger partial charge in [-0.1, -0.05) is 18.2 Å². The number of nitro benzene ring substituents is 1. The molecule has 2 aliphatic rings. The molecule has 0 fully saturated rings. The van der Waals surface area contributed by atoms with E-state index in [0.717, 1.165) is 11.3 Å². The van der Waals surface area contributed by atoms with Gasteiger partial charge >= 0.3 is 0 Å². The summed E-state index contributed by atoms with van der Waals surface area (Å²) in [4.78, 5) is 26.1. The zero-order valence-corrected chi connectivity index (χ0v) is 19.0. The van der Waals surface area contributed by atoms with E-state index >= 15 is 0 Å². The lowest BCUT2D eigenvalue weighted by Gasteiger charge is -2.22. The zero-order chi connectivity index (χ0) is 23.8. The number of hydrogen-bond donors (Lipinski definition) is 1. The summed E-state index contributed by atoms with van der Waals surface area (Å²) in [6.07, 6.45) is 0.704. The van der Waals surface area contributed by atoms with Crippen LogP contribution in [0.2, 0.25) is 0 Å². The largest absolute Gasteiger partial charge is 0.493 e. The van der Waals surface area contributed by atoms with E-state index in [0.29, 0.717) is 46.8 Å². The average molecular weight is 478 g/mol. The van der Waals surface area contributed by atoms with E-state index in [2.05, 4.69) is 17.4 Å². The summed E-state index contributed by atoms with van der Waals surface area (Å²) < 4.78 is 11.5. The van der Waals surface area contributed by atoms with E-state index in [1.165, 1.54) is 19.2 Å². The molecule has 0 saturated carbocycles. The molecule has 8 nitrogen and oxygen atoms in total. The van der Waals surface area contributed by atoms with Crippen LogP contribution in [0.25, 0.3) is 0 Å². The molecule has 0 saturated heterocycles. The monoisotopic (exact) mass is 477 g/mol. The number of benzene rings is 2. The van der Waals surface area contributed by atoms with Crippen LogP contribution in [0.5, 0.6) is 11.5 Å². The molecule has 0 aliphatic carbocycles. The van der Waals surface area contributed by atoms with E-state index in [9.17, 15) is 14.9 Å².